The fourth-order valence-corrected chi connectivity index (χ4v) is 2.80. The predicted molar refractivity (Wildman–Crippen MR) is 112 cm³/mol. The number of aromatic nitrogens is 1. The standard InChI is InChI=1S/C23H23N3O3/c1-15-5-4-6-21(16(15)2)26-23(28)19-11-18(13-24-14-19)22(27)25-12-17-7-9-20(29-3)10-8-17/h4-11,13-14H,12H2,1-3H3,(H,25,27)(H,26,28). The lowest BCUT2D eigenvalue weighted by atomic mass is 10.1. The molecule has 29 heavy (non-hydrogen) atoms. The third kappa shape index (κ3) is 4.99. The van der Waals surface area contributed by atoms with Gasteiger partial charge in [-0.15, -0.1) is 0 Å². The molecule has 0 radical (unpaired) electrons. The van der Waals surface area contributed by atoms with Crippen LogP contribution in [0.15, 0.2) is 60.9 Å². The van der Waals surface area contributed by atoms with Gasteiger partial charge in [0.15, 0.2) is 0 Å². The third-order valence-electron chi connectivity index (χ3n) is 4.73. The van der Waals surface area contributed by atoms with E-state index in [1.807, 2.05) is 56.3 Å². The Hall–Kier alpha value is -3.67. The van der Waals surface area contributed by atoms with Crippen LogP contribution in [0.4, 0.5) is 5.69 Å². The molecule has 2 aromatic carbocycles. The van der Waals surface area contributed by atoms with E-state index in [1.165, 1.54) is 18.5 Å². The monoisotopic (exact) mass is 389 g/mol. The van der Waals surface area contributed by atoms with Gasteiger partial charge in [-0.3, -0.25) is 14.6 Å². The zero-order valence-electron chi connectivity index (χ0n) is 16.7. The van der Waals surface area contributed by atoms with Crippen LogP contribution < -0.4 is 15.4 Å². The molecule has 3 aromatic rings. The largest absolute Gasteiger partial charge is 0.497 e. The molecule has 0 fully saturated rings. The molecule has 0 saturated heterocycles. The van der Waals surface area contributed by atoms with Crippen molar-refractivity contribution in [2.24, 2.45) is 0 Å². The van der Waals surface area contributed by atoms with E-state index in [1.54, 1.807) is 7.11 Å². The van der Waals surface area contributed by atoms with Crippen LogP contribution in [-0.2, 0) is 6.54 Å². The summed E-state index contributed by atoms with van der Waals surface area (Å²) in [4.78, 5) is 29.1. The average Bonchev–Trinajstić information content (AvgIpc) is 2.75. The van der Waals surface area contributed by atoms with Gasteiger partial charge < -0.3 is 15.4 Å². The first-order valence-corrected chi connectivity index (χ1v) is 9.21. The Kier molecular flexibility index (Phi) is 6.24. The van der Waals surface area contributed by atoms with E-state index in [-0.39, 0.29) is 11.8 Å². The number of hydrogen-bond donors (Lipinski definition) is 2. The zero-order chi connectivity index (χ0) is 20.8. The summed E-state index contributed by atoms with van der Waals surface area (Å²) in [5.41, 5.74) is 4.42. The lowest BCUT2D eigenvalue weighted by Crippen LogP contribution is -2.23. The first kappa shape index (κ1) is 20.1. The number of pyridine rings is 1. The van der Waals surface area contributed by atoms with Crippen molar-refractivity contribution < 1.29 is 14.3 Å². The molecule has 0 unspecified atom stereocenters. The Morgan fingerprint density at radius 3 is 2.34 bits per heavy atom. The van der Waals surface area contributed by atoms with Crippen molar-refractivity contribution in [2.75, 3.05) is 12.4 Å². The van der Waals surface area contributed by atoms with E-state index in [9.17, 15) is 9.59 Å². The van der Waals surface area contributed by atoms with Gasteiger partial charge in [-0.05, 0) is 54.8 Å². The van der Waals surface area contributed by atoms with Crippen molar-refractivity contribution in [3.63, 3.8) is 0 Å². The molecule has 0 atom stereocenters. The number of aryl methyl sites for hydroxylation is 1. The third-order valence-corrected chi connectivity index (χ3v) is 4.73. The molecule has 6 heteroatoms. The maximum Gasteiger partial charge on any atom is 0.257 e. The summed E-state index contributed by atoms with van der Waals surface area (Å²) in [6, 6.07) is 14.7. The number of anilines is 1. The fraction of sp³-hybridized carbons (Fsp3) is 0.174. The van der Waals surface area contributed by atoms with Crippen LogP contribution >= 0.6 is 0 Å². The quantitative estimate of drug-likeness (QED) is 0.670. The van der Waals surface area contributed by atoms with E-state index in [0.29, 0.717) is 17.7 Å². The SMILES string of the molecule is COc1ccc(CNC(=O)c2cncc(C(=O)Nc3cccc(C)c3C)c2)cc1. The van der Waals surface area contributed by atoms with Crippen molar-refractivity contribution in [1.82, 2.24) is 10.3 Å². The molecule has 1 aromatic heterocycles. The minimum atomic E-state index is -0.309. The van der Waals surface area contributed by atoms with Crippen molar-refractivity contribution in [3.8, 4) is 5.75 Å². The molecular weight excluding hydrogens is 366 g/mol. The van der Waals surface area contributed by atoms with Gasteiger partial charge in [-0.1, -0.05) is 24.3 Å². The lowest BCUT2D eigenvalue weighted by molar-refractivity contribution is 0.0950. The Balaban J connectivity index is 1.66. The van der Waals surface area contributed by atoms with Crippen molar-refractivity contribution in [3.05, 3.63) is 88.7 Å². The maximum absolute atomic E-state index is 12.6. The van der Waals surface area contributed by atoms with Gasteiger partial charge in [0.2, 0.25) is 0 Å². The predicted octanol–water partition coefficient (Wildman–Crippen LogP) is 3.89. The Morgan fingerprint density at radius 2 is 1.66 bits per heavy atom. The molecule has 3 rings (SSSR count). The normalized spacial score (nSPS) is 10.3. The Labute approximate surface area is 169 Å². The van der Waals surface area contributed by atoms with Crippen LogP contribution in [0.3, 0.4) is 0 Å². The number of nitrogens with zero attached hydrogens (tertiary/aromatic N) is 1. The van der Waals surface area contributed by atoms with Crippen LogP contribution in [0.1, 0.15) is 37.4 Å². The summed E-state index contributed by atoms with van der Waals surface area (Å²) < 4.78 is 5.12. The van der Waals surface area contributed by atoms with Gasteiger partial charge in [-0.2, -0.15) is 0 Å². The van der Waals surface area contributed by atoms with E-state index in [0.717, 1.165) is 28.1 Å². The molecule has 0 aliphatic heterocycles. The smallest absolute Gasteiger partial charge is 0.257 e. The molecule has 0 bridgehead atoms. The minimum Gasteiger partial charge on any atom is -0.497 e. The number of ether oxygens (including phenoxy) is 1. The Morgan fingerprint density at radius 1 is 0.966 bits per heavy atom. The number of amides is 2. The molecule has 148 valence electrons. The summed E-state index contributed by atoms with van der Waals surface area (Å²) in [5.74, 6) is 0.151. The number of benzene rings is 2. The van der Waals surface area contributed by atoms with Crippen molar-refractivity contribution >= 4 is 17.5 Å². The number of carbonyl (C=O) groups is 2. The minimum absolute atomic E-state index is 0.297. The first-order chi connectivity index (χ1) is 14.0. The van der Waals surface area contributed by atoms with Crippen LogP contribution in [0.25, 0.3) is 0 Å². The number of nitrogens with one attached hydrogen (secondary N) is 2. The van der Waals surface area contributed by atoms with E-state index in [2.05, 4.69) is 15.6 Å². The molecule has 1 heterocycles. The fourth-order valence-electron chi connectivity index (χ4n) is 2.80. The summed E-state index contributed by atoms with van der Waals surface area (Å²) >= 11 is 0. The highest BCUT2D eigenvalue weighted by Crippen LogP contribution is 2.19. The molecule has 6 nitrogen and oxygen atoms in total. The second-order valence-electron chi connectivity index (χ2n) is 6.69. The summed E-state index contributed by atoms with van der Waals surface area (Å²) in [5, 5.41) is 5.71. The second kappa shape index (κ2) is 9.01. The van der Waals surface area contributed by atoms with Gasteiger partial charge in [-0.25, -0.2) is 0 Å². The van der Waals surface area contributed by atoms with Crippen LogP contribution in [-0.4, -0.2) is 23.9 Å². The van der Waals surface area contributed by atoms with Crippen molar-refractivity contribution in [1.29, 1.82) is 0 Å². The van der Waals surface area contributed by atoms with Crippen LogP contribution in [0.2, 0.25) is 0 Å². The molecular formula is C23H23N3O3. The molecule has 2 amide bonds. The number of rotatable bonds is 6. The highest BCUT2D eigenvalue weighted by Gasteiger charge is 2.13. The molecule has 2 N–H and O–H groups in total. The number of methoxy groups -OCH3 is 1. The van der Waals surface area contributed by atoms with Crippen LogP contribution in [0.5, 0.6) is 5.75 Å². The van der Waals surface area contributed by atoms with Gasteiger partial charge in [0.05, 0.1) is 18.2 Å². The van der Waals surface area contributed by atoms with Crippen molar-refractivity contribution in [2.45, 2.75) is 20.4 Å². The summed E-state index contributed by atoms with van der Waals surface area (Å²) in [6.07, 6.45) is 2.89. The second-order valence-corrected chi connectivity index (χ2v) is 6.69. The van der Waals surface area contributed by atoms with Gasteiger partial charge in [0.1, 0.15) is 5.75 Å². The van der Waals surface area contributed by atoms with E-state index >= 15 is 0 Å². The topological polar surface area (TPSA) is 80.3 Å². The van der Waals surface area contributed by atoms with E-state index < -0.39 is 0 Å². The lowest BCUT2D eigenvalue weighted by Gasteiger charge is -2.11. The highest BCUT2D eigenvalue weighted by molar-refractivity contribution is 6.06. The highest BCUT2D eigenvalue weighted by atomic mass is 16.5. The molecule has 0 aliphatic carbocycles. The first-order valence-electron chi connectivity index (χ1n) is 9.21. The summed E-state index contributed by atoms with van der Waals surface area (Å²) in [6.45, 7) is 4.30. The number of carbonyl (C=O) groups excluding carboxylic acids is 2. The molecule has 0 spiro atoms. The Bertz CT molecular complexity index is 1030. The average molecular weight is 389 g/mol. The van der Waals surface area contributed by atoms with Crippen LogP contribution in [0, 0.1) is 13.8 Å². The van der Waals surface area contributed by atoms with E-state index in [4.69, 9.17) is 4.74 Å². The molecule has 0 saturated carbocycles. The van der Waals surface area contributed by atoms with Gasteiger partial charge in [0, 0.05) is 24.6 Å². The van der Waals surface area contributed by atoms with Gasteiger partial charge in [0.25, 0.3) is 11.8 Å². The summed E-state index contributed by atoms with van der Waals surface area (Å²) in [7, 11) is 1.60. The zero-order valence-corrected chi connectivity index (χ0v) is 16.7. The molecule has 0 aliphatic rings. The van der Waals surface area contributed by atoms with Gasteiger partial charge >= 0.3 is 0 Å². The number of hydrogen-bond acceptors (Lipinski definition) is 4. The maximum atomic E-state index is 12.6.